The smallest absolute Gasteiger partial charge is 0.342 e. The molecule has 0 saturated carbocycles. The van der Waals surface area contributed by atoms with Gasteiger partial charge in [0.1, 0.15) is 47.4 Å². The molecule has 1 aromatic heterocycles. The molecule has 0 aliphatic carbocycles. The molecule has 1 N–H and O–H groups in total. The zero-order chi connectivity index (χ0) is 34.0. The highest BCUT2D eigenvalue weighted by atomic mass is 16.8. The summed E-state index contributed by atoms with van der Waals surface area (Å²) >= 11 is 0. The number of cyclic esters (lactones) is 1. The molecule has 13 nitrogen and oxygen atoms in total. The zero-order valence-electron chi connectivity index (χ0n) is 27.3. The Hall–Kier alpha value is -3.75. The van der Waals surface area contributed by atoms with Crippen LogP contribution >= 0.6 is 0 Å². The number of aliphatic hydroxyl groups is 1. The van der Waals surface area contributed by atoms with Gasteiger partial charge in [0.25, 0.3) is 7.41 Å². The highest BCUT2D eigenvalue weighted by Gasteiger charge is 2.43. The average Bonchev–Trinajstić information content (AvgIpc) is 3.60. The summed E-state index contributed by atoms with van der Waals surface area (Å²) in [5.41, 5.74) is 0.671. The maximum absolute atomic E-state index is 13.6. The van der Waals surface area contributed by atoms with Crippen LogP contribution in [0, 0.1) is 5.92 Å². The number of rotatable bonds is 13. The summed E-state index contributed by atoms with van der Waals surface area (Å²) in [4.78, 5) is 41.9. The second kappa shape index (κ2) is 16.9. The van der Waals surface area contributed by atoms with E-state index in [1.165, 1.54) is 21.9 Å². The van der Waals surface area contributed by atoms with E-state index in [0.717, 1.165) is 0 Å². The Kier molecular flexibility index (Phi) is 13.0. The van der Waals surface area contributed by atoms with Crippen LogP contribution in [0.15, 0.2) is 42.8 Å². The van der Waals surface area contributed by atoms with Gasteiger partial charge in [-0.3, -0.25) is 0 Å². The first-order valence-corrected chi connectivity index (χ1v) is 15.4. The monoisotopic (exact) mass is 649 g/mol. The molecular weight excluding hydrogens is 608 g/mol. The number of hydrogen-bond acceptors (Lipinski definition) is 12. The molecule has 15 heteroatoms. The molecule has 250 valence electrons. The molecule has 2 radical (unpaired) electrons. The van der Waals surface area contributed by atoms with Gasteiger partial charge in [-0.05, 0) is 38.8 Å². The minimum absolute atomic E-state index is 0.129. The number of aliphatic hydroxyl groups excluding tert-OH is 1. The third-order valence-corrected chi connectivity index (χ3v) is 7.75. The first-order valence-electron chi connectivity index (χ1n) is 15.4. The molecule has 3 unspecified atom stereocenters. The van der Waals surface area contributed by atoms with Crippen molar-refractivity contribution in [1.29, 1.82) is 0 Å². The van der Waals surface area contributed by atoms with Gasteiger partial charge in [-0.25, -0.2) is 9.78 Å². The Labute approximate surface area is 276 Å². The van der Waals surface area contributed by atoms with Crippen LogP contribution in [0.2, 0.25) is 0 Å². The van der Waals surface area contributed by atoms with E-state index < -0.39 is 36.2 Å². The lowest BCUT2D eigenvalue weighted by Crippen LogP contribution is -2.34. The van der Waals surface area contributed by atoms with Crippen LogP contribution in [0.25, 0.3) is 6.08 Å². The van der Waals surface area contributed by atoms with E-state index in [-0.39, 0.29) is 37.2 Å². The van der Waals surface area contributed by atoms with Crippen molar-refractivity contribution in [3.8, 4) is 11.5 Å². The molecule has 47 heavy (non-hydrogen) atoms. The average molecular weight is 649 g/mol. The van der Waals surface area contributed by atoms with E-state index in [9.17, 15) is 19.5 Å². The van der Waals surface area contributed by atoms with Crippen LogP contribution in [0.1, 0.15) is 55.9 Å². The topological polar surface area (TPSA) is 148 Å². The van der Waals surface area contributed by atoms with Crippen molar-refractivity contribution in [3.05, 3.63) is 59.7 Å². The third-order valence-electron chi connectivity index (χ3n) is 7.75. The van der Waals surface area contributed by atoms with Crippen molar-refractivity contribution in [2.24, 2.45) is 5.92 Å². The van der Waals surface area contributed by atoms with E-state index in [1.54, 1.807) is 72.8 Å². The summed E-state index contributed by atoms with van der Waals surface area (Å²) in [5, 5.41) is 10.9. The first kappa shape index (κ1) is 36.1. The van der Waals surface area contributed by atoms with Crippen LogP contribution in [0.3, 0.4) is 0 Å². The number of ether oxygens (including phenoxy) is 6. The zero-order valence-corrected chi connectivity index (χ0v) is 27.3. The molecule has 4 rings (SSSR count). The van der Waals surface area contributed by atoms with Gasteiger partial charge in [0.15, 0.2) is 12.6 Å². The van der Waals surface area contributed by atoms with Gasteiger partial charge in [-0.1, -0.05) is 31.2 Å². The predicted molar refractivity (Wildman–Crippen MR) is 174 cm³/mol. The van der Waals surface area contributed by atoms with Crippen molar-refractivity contribution < 1.29 is 47.9 Å². The van der Waals surface area contributed by atoms with Crippen molar-refractivity contribution >= 4 is 39.2 Å². The number of benzene rings is 1. The normalized spacial score (nSPS) is 24.7. The fraction of sp³-hybridized carbons (Fsp3) is 0.500. The number of esters is 1. The summed E-state index contributed by atoms with van der Waals surface area (Å²) in [6.07, 6.45) is 9.44. The standard InChI is InChI=1S/C32H41B2N3O10/c1-21-9-10-25(40)30-26(46-32(3,4)47-30)8-6-7-23-15-24(16-27(44-20-42-5)29(23)31(41)45-22(21)2)43-14-13-36(33-18-38)17-28-35-11-12-37(28)34-19-39/h6-7,9-12,15-16,18-19,21-22,25-26,30,40H,8,13-14,17,20H2,1-5H3/b7-6?,10-9-/t21-,22+,25?,26?,30?/m1/s1. The lowest BCUT2D eigenvalue weighted by molar-refractivity contribution is -0.152. The molecule has 2 aliphatic rings. The fourth-order valence-electron chi connectivity index (χ4n) is 5.26. The maximum Gasteiger partial charge on any atom is 0.342 e. The lowest BCUT2D eigenvalue weighted by Gasteiger charge is -2.23. The van der Waals surface area contributed by atoms with Gasteiger partial charge in [0.05, 0.1) is 18.9 Å². The summed E-state index contributed by atoms with van der Waals surface area (Å²) in [6, 6.07) is 3.29. The quantitative estimate of drug-likeness (QED) is 0.112. The predicted octanol–water partition coefficient (Wildman–Crippen LogP) is 2.25. The summed E-state index contributed by atoms with van der Waals surface area (Å²) in [6.45, 7) is 7.85. The molecule has 1 aromatic carbocycles. The highest BCUT2D eigenvalue weighted by Crippen LogP contribution is 2.35. The van der Waals surface area contributed by atoms with E-state index in [0.29, 0.717) is 42.5 Å². The van der Waals surface area contributed by atoms with E-state index >= 15 is 0 Å². The Morgan fingerprint density at radius 3 is 2.72 bits per heavy atom. The number of carbonyl (C=O) groups excluding carboxylic acids is 3. The molecule has 1 saturated heterocycles. The first-order chi connectivity index (χ1) is 22.5. The number of carbonyl (C=O) groups is 3. The lowest BCUT2D eigenvalue weighted by atomic mass is 9.94. The van der Waals surface area contributed by atoms with Crippen LogP contribution in [0.4, 0.5) is 0 Å². The third kappa shape index (κ3) is 9.88. The minimum atomic E-state index is -0.927. The molecule has 0 spiro atoms. The molecule has 5 atom stereocenters. The van der Waals surface area contributed by atoms with Gasteiger partial charge in [-0.2, -0.15) is 0 Å². The number of methoxy groups -OCH3 is 1. The number of fused-ring (bicyclic) bond motifs is 2. The second-order valence-electron chi connectivity index (χ2n) is 11.7. The Morgan fingerprint density at radius 1 is 1.17 bits per heavy atom. The Bertz CT molecular complexity index is 1430. The largest absolute Gasteiger partial charge is 0.492 e. The van der Waals surface area contributed by atoms with Gasteiger partial charge >= 0.3 is 13.4 Å². The van der Waals surface area contributed by atoms with Gasteiger partial charge in [0.2, 0.25) is 0 Å². The molecular formula is C32H41B2N3O10. The molecule has 0 amide bonds. The van der Waals surface area contributed by atoms with Crippen molar-refractivity contribution in [1.82, 2.24) is 14.3 Å². The van der Waals surface area contributed by atoms with E-state index in [1.807, 2.05) is 13.0 Å². The van der Waals surface area contributed by atoms with Crippen LogP contribution in [-0.2, 0) is 35.1 Å². The molecule has 2 aliphatic heterocycles. The molecule has 3 heterocycles. The van der Waals surface area contributed by atoms with Crippen LogP contribution < -0.4 is 9.47 Å². The van der Waals surface area contributed by atoms with Gasteiger partial charge < -0.3 is 52.4 Å². The fourth-order valence-corrected chi connectivity index (χ4v) is 5.26. The number of imidazole rings is 1. The van der Waals surface area contributed by atoms with Gasteiger partial charge in [0, 0.05) is 44.6 Å². The Balaban J connectivity index is 1.62. The highest BCUT2D eigenvalue weighted by molar-refractivity contribution is 6.65. The summed E-state index contributed by atoms with van der Waals surface area (Å²) in [7, 11) is 4.18. The van der Waals surface area contributed by atoms with Gasteiger partial charge in [-0.15, -0.1) is 0 Å². The summed E-state index contributed by atoms with van der Waals surface area (Å²) in [5.74, 6) is -0.541. The number of hydrogen-bond donors (Lipinski definition) is 1. The van der Waals surface area contributed by atoms with Crippen LogP contribution in [-0.4, -0.2) is 110 Å². The number of nitrogens with zero attached hydrogens (tertiary/aromatic N) is 3. The summed E-state index contributed by atoms with van der Waals surface area (Å²) < 4.78 is 36.7. The number of aromatic nitrogens is 2. The van der Waals surface area contributed by atoms with Crippen molar-refractivity contribution in [2.75, 3.05) is 27.1 Å². The maximum atomic E-state index is 13.6. The Morgan fingerprint density at radius 2 is 1.98 bits per heavy atom. The molecule has 2 aromatic rings. The molecule has 0 bridgehead atoms. The van der Waals surface area contributed by atoms with E-state index in [2.05, 4.69) is 4.98 Å². The second-order valence-corrected chi connectivity index (χ2v) is 11.7. The van der Waals surface area contributed by atoms with Crippen molar-refractivity contribution in [2.45, 2.75) is 70.9 Å². The van der Waals surface area contributed by atoms with Crippen LogP contribution in [0.5, 0.6) is 11.5 Å². The van der Waals surface area contributed by atoms with Crippen molar-refractivity contribution in [3.63, 3.8) is 0 Å². The minimum Gasteiger partial charge on any atom is -0.492 e. The SMILES string of the molecule is COCOc1cc(OCCN([B]C=O)Cc2nccn2[B]C=O)cc2c1C(=O)O[C@@H](C)[C@H](C)/C=C\C(O)C1OC(C)(C)OC1CC=C2. The molecule has 1 fully saturated rings. The van der Waals surface area contributed by atoms with E-state index in [4.69, 9.17) is 28.4 Å².